The van der Waals surface area contributed by atoms with E-state index < -0.39 is 0 Å². The summed E-state index contributed by atoms with van der Waals surface area (Å²) in [6.07, 6.45) is 2.39. The van der Waals surface area contributed by atoms with Crippen molar-refractivity contribution in [2.24, 2.45) is 13.0 Å². The van der Waals surface area contributed by atoms with E-state index in [2.05, 4.69) is 10.4 Å². The lowest BCUT2D eigenvalue weighted by Gasteiger charge is -2.18. The van der Waals surface area contributed by atoms with Crippen LogP contribution in [0.1, 0.15) is 6.42 Å². The van der Waals surface area contributed by atoms with Crippen molar-refractivity contribution < 1.29 is 4.79 Å². The SMILES string of the molecule is Cn1ncc(N2CCC(C(=O)Nc3cccc(Cl)c3)C2)cc1=O. The quantitative estimate of drug-likeness (QED) is 0.932. The maximum Gasteiger partial charge on any atom is 0.268 e. The van der Waals surface area contributed by atoms with E-state index in [1.165, 1.54) is 4.68 Å². The molecular formula is C16H17ClN4O2. The Balaban J connectivity index is 1.66. The molecule has 1 atom stereocenters. The van der Waals surface area contributed by atoms with Crippen LogP contribution in [-0.2, 0) is 11.8 Å². The lowest BCUT2D eigenvalue weighted by Crippen LogP contribution is -2.28. The Labute approximate surface area is 138 Å². The van der Waals surface area contributed by atoms with Gasteiger partial charge in [-0.25, -0.2) is 4.68 Å². The molecule has 2 aromatic rings. The van der Waals surface area contributed by atoms with Gasteiger partial charge in [0.15, 0.2) is 0 Å². The van der Waals surface area contributed by atoms with Crippen LogP contribution in [0, 0.1) is 5.92 Å². The molecule has 23 heavy (non-hydrogen) atoms. The summed E-state index contributed by atoms with van der Waals surface area (Å²) in [5.41, 5.74) is 1.29. The van der Waals surface area contributed by atoms with Crippen molar-refractivity contribution in [3.63, 3.8) is 0 Å². The van der Waals surface area contributed by atoms with E-state index in [1.807, 2.05) is 4.90 Å². The van der Waals surface area contributed by atoms with Crippen molar-refractivity contribution >= 4 is 28.9 Å². The molecule has 1 aromatic carbocycles. The van der Waals surface area contributed by atoms with E-state index in [-0.39, 0.29) is 17.4 Å². The molecule has 6 nitrogen and oxygen atoms in total. The monoisotopic (exact) mass is 332 g/mol. The van der Waals surface area contributed by atoms with E-state index in [0.717, 1.165) is 18.7 Å². The van der Waals surface area contributed by atoms with Gasteiger partial charge in [0.2, 0.25) is 5.91 Å². The van der Waals surface area contributed by atoms with E-state index in [9.17, 15) is 9.59 Å². The molecule has 0 saturated carbocycles. The molecule has 1 fully saturated rings. The Hall–Kier alpha value is -2.34. The number of nitrogens with one attached hydrogen (secondary N) is 1. The van der Waals surface area contributed by atoms with E-state index in [0.29, 0.717) is 17.3 Å². The number of rotatable bonds is 3. The second kappa shape index (κ2) is 6.42. The Morgan fingerprint density at radius 2 is 2.22 bits per heavy atom. The van der Waals surface area contributed by atoms with E-state index >= 15 is 0 Å². The highest BCUT2D eigenvalue weighted by Crippen LogP contribution is 2.24. The van der Waals surface area contributed by atoms with Crippen LogP contribution in [-0.4, -0.2) is 28.8 Å². The van der Waals surface area contributed by atoms with Crippen LogP contribution < -0.4 is 15.8 Å². The largest absolute Gasteiger partial charge is 0.369 e. The van der Waals surface area contributed by atoms with Gasteiger partial charge < -0.3 is 10.2 Å². The number of aromatic nitrogens is 2. The predicted octanol–water partition coefficient (Wildman–Crippen LogP) is 1.90. The van der Waals surface area contributed by atoms with Crippen molar-refractivity contribution in [2.45, 2.75) is 6.42 Å². The average Bonchev–Trinajstić information content (AvgIpc) is 3.00. The molecule has 1 N–H and O–H groups in total. The number of halogens is 1. The van der Waals surface area contributed by atoms with Gasteiger partial charge in [0.1, 0.15) is 0 Å². The number of hydrogen-bond acceptors (Lipinski definition) is 4. The Morgan fingerprint density at radius 1 is 1.39 bits per heavy atom. The van der Waals surface area contributed by atoms with Crippen LogP contribution in [0.15, 0.2) is 41.3 Å². The lowest BCUT2D eigenvalue weighted by molar-refractivity contribution is -0.119. The number of nitrogens with zero attached hydrogens (tertiary/aromatic N) is 3. The maximum absolute atomic E-state index is 12.4. The Kier molecular flexibility index (Phi) is 4.34. The molecule has 1 aliphatic rings. The fourth-order valence-corrected chi connectivity index (χ4v) is 2.84. The van der Waals surface area contributed by atoms with E-state index in [1.54, 1.807) is 43.6 Å². The minimum atomic E-state index is -0.158. The highest BCUT2D eigenvalue weighted by atomic mass is 35.5. The van der Waals surface area contributed by atoms with Crippen LogP contribution in [0.3, 0.4) is 0 Å². The highest BCUT2D eigenvalue weighted by molar-refractivity contribution is 6.30. The maximum atomic E-state index is 12.4. The number of hydrogen-bond donors (Lipinski definition) is 1. The summed E-state index contributed by atoms with van der Waals surface area (Å²) in [7, 11) is 1.61. The molecule has 1 amide bonds. The minimum absolute atomic E-state index is 0.0356. The summed E-state index contributed by atoms with van der Waals surface area (Å²) >= 11 is 5.92. The summed E-state index contributed by atoms with van der Waals surface area (Å²) in [6, 6.07) is 8.63. The second-order valence-corrected chi connectivity index (χ2v) is 6.04. The van der Waals surface area contributed by atoms with Gasteiger partial charge in [-0.1, -0.05) is 17.7 Å². The zero-order valence-corrected chi connectivity index (χ0v) is 13.5. The smallest absolute Gasteiger partial charge is 0.268 e. The topological polar surface area (TPSA) is 67.2 Å². The number of anilines is 2. The number of carbonyl (C=O) groups excluding carboxylic acids is 1. The molecule has 120 valence electrons. The number of amides is 1. The summed E-state index contributed by atoms with van der Waals surface area (Å²) < 4.78 is 1.28. The highest BCUT2D eigenvalue weighted by Gasteiger charge is 2.29. The number of carbonyl (C=O) groups is 1. The molecule has 0 radical (unpaired) electrons. The van der Waals surface area contributed by atoms with Crippen LogP contribution in [0.25, 0.3) is 0 Å². The molecule has 0 spiro atoms. The van der Waals surface area contributed by atoms with Gasteiger partial charge in [-0.05, 0) is 24.6 Å². The van der Waals surface area contributed by atoms with Crippen LogP contribution >= 0.6 is 11.6 Å². The first-order valence-electron chi connectivity index (χ1n) is 7.37. The zero-order valence-electron chi connectivity index (χ0n) is 12.7. The fraction of sp³-hybridized carbons (Fsp3) is 0.312. The van der Waals surface area contributed by atoms with Gasteiger partial charge in [-0.15, -0.1) is 0 Å². The average molecular weight is 333 g/mol. The van der Waals surface area contributed by atoms with Gasteiger partial charge in [0.25, 0.3) is 5.56 Å². The van der Waals surface area contributed by atoms with Crippen molar-refractivity contribution in [2.75, 3.05) is 23.3 Å². The van der Waals surface area contributed by atoms with Crippen LogP contribution in [0.5, 0.6) is 0 Å². The molecular weight excluding hydrogens is 316 g/mol. The Morgan fingerprint density at radius 3 is 2.96 bits per heavy atom. The molecule has 0 aliphatic carbocycles. The molecule has 1 unspecified atom stereocenters. The molecule has 1 aromatic heterocycles. The molecule has 7 heteroatoms. The third-order valence-corrected chi connectivity index (χ3v) is 4.20. The summed E-state index contributed by atoms with van der Waals surface area (Å²) in [5.74, 6) is -0.162. The summed E-state index contributed by atoms with van der Waals surface area (Å²) in [6.45, 7) is 1.30. The molecule has 0 bridgehead atoms. The predicted molar refractivity (Wildman–Crippen MR) is 89.9 cm³/mol. The van der Waals surface area contributed by atoms with Gasteiger partial charge >= 0.3 is 0 Å². The van der Waals surface area contributed by atoms with Crippen LogP contribution in [0.2, 0.25) is 5.02 Å². The van der Waals surface area contributed by atoms with Crippen LogP contribution in [0.4, 0.5) is 11.4 Å². The Bertz CT molecular complexity index is 790. The van der Waals surface area contributed by atoms with Gasteiger partial charge in [0.05, 0.1) is 17.8 Å². The minimum Gasteiger partial charge on any atom is -0.369 e. The second-order valence-electron chi connectivity index (χ2n) is 5.61. The first kappa shape index (κ1) is 15.6. The fourth-order valence-electron chi connectivity index (χ4n) is 2.65. The normalized spacial score (nSPS) is 17.3. The number of benzene rings is 1. The van der Waals surface area contributed by atoms with Crippen molar-refractivity contribution in [3.05, 3.63) is 51.9 Å². The van der Waals surface area contributed by atoms with Crippen molar-refractivity contribution in [1.82, 2.24) is 9.78 Å². The first-order chi connectivity index (χ1) is 11.0. The van der Waals surface area contributed by atoms with Crippen molar-refractivity contribution in [3.8, 4) is 0 Å². The third kappa shape index (κ3) is 3.53. The summed E-state index contributed by atoms with van der Waals surface area (Å²) in [5, 5.41) is 7.49. The standard InChI is InChI=1S/C16H17ClN4O2/c1-20-15(22)8-14(9-18-20)21-6-5-11(10-21)16(23)19-13-4-2-3-12(17)7-13/h2-4,7-9,11H,5-6,10H2,1H3,(H,19,23). The third-order valence-electron chi connectivity index (χ3n) is 3.97. The molecule has 2 heterocycles. The number of aryl methyl sites for hydroxylation is 1. The molecule has 1 saturated heterocycles. The zero-order chi connectivity index (χ0) is 16.4. The van der Waals surface area contributed by atoms with Gasteiger partial charge in [-0.2, -0.15) is 5.10 Å². The summed E-state index contributed by atoms with van der Waals surface area (Å²) in [4.78, 5) is 26.0. The first-order valence-corrected chi connectivity index (χ1v) is 7.75. The molecule has 1 aliphatic heterocycles. The van der Waals surface area contributed by atoms with Gasteiger partial charge in [-0.3, -0.25) is 9.59 Å². The van der Waals surface area contributed by atoms with Gasteiger partial charge in [0, 0.05) is 36.9 Å². The van der Waals surface area contributed by atoms with Crippen molar-refractivity contribution in [1.29, 1.82) is 0 Å². The van der Waals surface area contributed by atoms with E-state index in [4.69, 9.17) is 11.6 Å². The molecule has 3 rings (SSSR count). The lowest BCUT2D eigenvalue weighted by atomic mass is 10.1.